The molecule has 0 radical (unpaired) electrons. The predicted octanol–water partition coefficient (Wildman–Crippen LogP) is 6.29. The summed E-state index contributed by atoms with van der Waals surface area (Å²) in [7, 11) is 0. The average molecular weight is 332 g/mol. The Morgan fingerprint density at radius 2 is 1.42 bits per heavy atom. The van der Waals surface area contributed by atoms with Gasteiger partial charge in [0.25, 0.3) is 0 Å². The van der Waals surface area contributed by atoms with Gasteiger partial charge in [0.05, 0.1) is 5.41 Å². The zero-order chi connectivity index (χ0) is 17.3. The van der Waals surface area contributed by atoms with Crippen molar-refractivity contribution in [2.24, 2.45) is 0 Å². The van der Waals surface area contributed by atoms with Crippen LogP contribution in [0.1, 0.15) is 40.2 Å². The molecule has 1 unspecified atom stereocenters. The molecule has 0 amide bonds. The van der Waals surface area contributed by atoms with E-state index in [1.807, 2.05) is 0 Å². The quantitative estimate of drug-likeness (QED) is 0.453. The molecule has 0 aromatic heterocycles. The fraction of sp³-hybridized carbons (Fsp3) is 0.154. The number of aryl methyl sites for hydroxylation is 1. The Morgan fingerprint density at radius 3 is 2.15 bits per heavy atom. The van der Waals surface area contributed by atoms with Gasteiger partial charge in [-0.2, -0.15) is 0 Å². The van der Waals surface area contributed by atoms with Gasteiger partial charge in [0, 0.05) is 5.92 Å². The molecule has 1 atom stereocenters. The minimum absolute atomic E-state index is 0.121. The number of hydrogen-bond donors (Lipinski definition) is 0. The first-order valence-corrected chi connectivity index (χ1v) is 9.50. The Balaban J connectivity index is 1.84. The highest BCUT2D eigenvalue weighted by atomic mass is 14.6. The van der Waals surface area contributed by atoms with Gasteiger partial charge in [-0.1, -0.05) is 85.0 Å². The molecule has 0 heterocycles. The molecule has 0 aliphatic heterocycles. The van der Waals surface area contributed by atoms with Crippen LogP contribution in [0.15, 0.2) is 90.5 Å². The lowest BCUT2D eigenvalue weighted by atomic mass is 9.69. The van der Waals surface area contributed by atoms with Crippen LogP contribution in [0.2, 0.25) is 0 Å². The fourth-order valence-electron chi connectivity index (χ4n) is 5.75. The van der Waals surface area contributed by atoms with Crippen LogP contribution >= 0.6 is 0 Å². The third-order valence-electron chi connectivity index (χ3n) is 6.62. The maximum atomic E-state index is 2.40. The van der Waals surface area contributed by atoms with Crippen LogP contribution in [0.3, 0.4) is 0 Å². The van der Waals surface area contributed by atoms with Gasteiger partial charge in [-0.3, -0.25) is 0 Å². The molecular weight excluding hydrogens is 312 g/mol. The van der Waals surface area contributed by atoms with Crippen LogP contribution in [0.4, 0.5) is 0 Å². The van der Waals surface area contributed by atoms with E-state index in [-0.39, 0.29) is 5.41 Å². The third-order valence-corrected chi connectivity index (χ3v) is 6.62. The highest BCUT2D eigenvalue weighted by Crippen LogP contribution is 2.65. The summed E-state index contributed by atoms with van der Waals surface area (Å²) >= 11 is 0. The summed E-state index contributed by atoms with van der Waals surface area (Å²) < 4.78 is 0. The van der Waals surface area contributed by atoms with Gasteiger partial charge in [-0.15, -0.1) is 0 Å². The van der Waals surface area contributed by atoms with Crippen LogP contribution in [-0.4, -0.2) is 0 Å². The van der Waals surface area contributed by atoms with E-state index in [4.69, 9.17) is 0 Å². The van der Waals surface area contributed by atoms with Crippen molar-refractivity contribution in [3.05, 3.63) is 118 Å². The van der Waals surface area contributed by atoms with Crippen molar-refractivity contribution in [2.45, 2.75) is 24.7 Å². The van der Waals surface area contributed by atoms with Crippen LogP contribution in [0, 0.1) is 6.92 Å². The molecule has 1 spiro atoms. The molecule has 0 nitrogen and oxygen atoms in total. The van der Waals surface area contributed by atoms with Gasteiger partial charge in [0.15, 0.2) is 0 Å². The lowest BCUT2D eigenvalue weighted by molar-refractivity contribution is 0.707. The third kappa shape index (κ3) is 1.48. The first kappa shape index (κ1) is 14.3. The number of allylic oxidation sites excluding steroid dienone is 4. The molecule has 0 saturated heterocycles. The van der Waals surface area contributed by atoms with Crippen molar-refractivity contribution >= 4 is 0 Å². The number of rotatable bonds is 0. The second-order valence-electron chi connectivity index (χ2n) is 7.72. The summed E-state index contributed by atoms with van der Waals surface area (Å²) in [6.07, 6.45) is 8.09. The number of hydrogen-bond acceptors (Lipinski definition) is 0. The molecule has 0 saturated carbocycles. The lowest BCUT2D eigenvalue weighted by Crippen LogP contribution is -2.27. The van der Waals surface area contributed by atoms with Gasteiger partial charge in [-0.05, 0) is 57.9 Å². The topological polar surface area (TPSA) is 0 Å². The van der Waals surface area contributed by atoms with Gasteiger partial charge in [0.1, 0.15) is 0 Å². The monoisotopic (exact) mass is 332 g/mol. The molecule has 6 rings (SSSR count). The standard InChI is InChI=1S/C26H20/c1-17-9-8-16-24-25(17)20-12-4-7-15-23(20)26(24)21-13-5-2-10-18(21)19-11-3-6-14-22(19)26/h2-11,13-16,20H,12H2,1H3. The van der Waals surface area contributed by atoms with E-state index in [0.29, 0.717) is 5.92 Å². The molecule has 0 N–H and O–H groups in total. The number of benzene rings is 3. The smallest absolute Gasteiger partial charge is 0.0685 e. The molecular formula is C26H20. The van der Waals surface area contributed by atoms with E-state index in [0.717, 1.165) is 6.42 Å². The molecule has 3 aliphatic carbocycles. The van der Waals surface area contributed by atoms with Gasteiger partial charge >= 0.3 is 0 Å². The Labute approximate surface area is 154 Å². The highest BCUT2D eigenvalue weighted by Gasteiger charge is 2.54. The van der Waals surface area contributed by atoms with Crippen molar-refractivity contribution in [3.63, 3.8) is 0 Å². The van der Waals surface area contributed by atoms with Crippen LogP contribution in [-0.2, 0) is 5.41 Å². The molecule has 124 valence electrons. The second kappa shape index (κ2) is 4.86. The van der Waals surface area contributed by atoms with Gasteiger partial charge < -0.3 is 0 Å². The van der Waals surface area contributed by atoms with Crippen molar-refractivity contribution < 1.29 is 0 Å². The molecule has 0 fully saturated rings. The van der Waals surface area contributed by atoms with E-state index >= 15 is 0 Å². The zero-order valence-electron chi connectivity index (χ0n) is 14.9. The second-order valence-corrected chi connectivity index (χ2v) is 7.72. The molecule has 26 heavy (non-hydrogen) atoms. The summed E-state index contributed by atoms with van der Waals surface area (Å²) in [5.41, 5.74) is 11.6. The number of fused-ring (bicyclic) bond motifs is 10. The van der Waals surface area contributed by atoms with E-state index in [2.05, 4.69) is 91.9 Å². The fourth-order valence-corrected chi connectivity index (χ4v) is 5.75. The summed E-state index contributed by atoms with van der Waals surface area (Å²) in [5, 5.41) is 0. The minimum atomic E-state index is -0.121. The average Bonchev–Trinajstić information content (AvgIpc) is 3.16. The minimum Gasteiger partial charge on any atom is -0.0836 e. The van der Waals surface area contributed by atoms with E-state index in [1.165, 1.54) is 33.4 Å². The van der Waals surface area contributed by atoms with Crippen LogP contribution in [0.25, 0.3) is 11.1 Å². The first-order valence-electron chi connectivity index (χ1n) is 9.50. The maximum Gasteiger partial charge on any atom is 0.0685 e. The zero-order valence-corrected chi connectivity index (χ0v) is 14.9. The summed E-state index contributed by atoms with van der Waals surface area (Å²) in [4.78, 5) is 0. The molecule has 3 aromatic carbocycles. The first-order chi connectivity index (χ1) is 12.8. The predicted molar refractivity (Wildman–Crippen MR) is 108 cm³/mol. The summed E-state index contributed by atoms with van der Waals surface area (Å²) in [5.74, 6) is 0.496. The summed E-state index contributed by atoms with van der Waals surface area (Å²) in [6, 6.07) is 24.9. The van der Waals surface area contributed by atoms with Gasteiger partial charge in [-0.25, -0.2) is 0 Å². The lowest BCUT2D eigenvalue weighted by Gasteiger charge is -2.32. The Hall–Kier alpha value is -2.86. The highest BCUT2D eigenvalue weighted by molar-refractivity contribution is 5.88. The normalized spacial score (nSPS) is 20.3. The maximum absolute atomic E-state index is 2.40. The van der Waals surface area contributed by atoms with Crippen molar-refractivity contribution in [2.75, 3.05) is 0 Å². The molecule has 3 aromatic rings. The van der Waals surface area contributed by atoms with Crippen molar-refractivity contribution in [1.29, 1.82) is 0 Å². The van der Waals surface area contributed by atoms with E-state index in [1.54, 1.807) is 11.1 Å². The van der Waals surface area contributed by atoms with Gasteiger partial charge in [0.2, 0.25) is 0 Å². The summed E-state index contributed by atoms with van der Waals surface area (Å²) in [6.45, 7) is 2.28. The molecule has 0 heteroatoms. The SMILES string of the molecule is Cc1cccc2c1C1CC=CC=C1C21c2ccccc2-c2ccccc21. The molecule has 3 aliphatic rings. The molecule has 0 bridgehead atoms. The van der Waals surface area contributed by atoms with Crippen LogP contribution < -0.4 is 0 Å². The Bertz CT molecular complexity index is 1080. The van der Waals surface area contributed by atoms with E-state index in [9.17, 15) is 0 Å². The van der Waals surface area contributed by atoms with Crippen LogP contribution in [0.5, 0.6) is 0 Å². The van der Waals surface area contributed by atoms with Crippen molar-refractivity contribution in [1.82, 2.24) is 0 Å². The Kier molecular flexibility index (Phi) is 2.68. The van der Waals surface area contributed by atoms with E-state index < -0.39 is 0 Å². The Morgan fingerprint density at radius 1 is 0.769 bits per heavy atom. The largest absolute Gasteiger partial charge is 0.0836 e. The van der Waals surface area contributed by atoms with Crippen molar-refractivity contribution in [3.8, 4) is 11.1 Å².